The Morgan fingerprint density at radius 2 is 1.90 bits per heavy atom. The van der Waals surface area contributed by atoms with E-state index in [0.29, 0.717) is 25.2 Å². The maximum atomic E-state index is 11.1. The Bertz CT molecular complexity index is 394. The van der Waals surface area contributed by atoms with Crippen LogP contribution in [0.15, 0.2) is 24.3 Å². The molecule has 0 aliphatic rings. The van der Waals surface area contributed by atoms with Crippen molar-refractivity contribution < 1.29 is 9.53 Å². The van der Waals surface area contributed by atoms with Crippen molar-refractivity contribution in [1.82, 2.24) is 0 Å². The molecule has 20 heavy (non-hydrogen) atoms. The lowest BCUT2D eigenvalue weighted by molar-refractivity contribution is 0.101. The van der Waals surface area contributed by atoms with Gasteiger partial charge in [-0.3, -0.25) is 4.79 Å². The summed E-state index contributed by atoms with van der Waals surface area (Å²) in [6.45, 7) is 10.6. The Hall–Kier alpha value is -1.66. The number of Topliss-reactive ketones (excluding diaryl/α,β-unsaturated/α-hetero) is 1. The van der Waals surface area contributed by atoms with E-state index in [1.807, 2.05) is 45.9 Å². The normalized spacial score (nSPS) is 8.40. The van der Waals surface area contributed by atoms with Crippen molar-refractivity contribution in [3.05, 3.63) is 35.4 Å². The van der Waals surface area contributed by atoms with Crippen molar-refractivity contribution in [3.63, 3.8) is 0 Å². The topological polar surface area (TPSA) is 50.1 Å². The molecule has 0 aromatic heterocycles. The molecule has 1 aromatic carbocycles. The fraction of sp³-hybridized carbons (Fsp3) is 0.529. The molecule has 0 unspecified atom stereocenters. The number of carbonyl (C=O) groups is 1. The number of ether oxygens (including phenoxy) is 1. The van der Waals surface area contributed by atoms with Crippen LogP contribution in [0.3, 0.4) is 0 Å². The molecule has 112 valence electrons. The van der Waals surface area contributed by atoms with Crippen LogP contribution in [0.5, 0.6) is 0 Å². The largest absolute Gasteiger partial charge is 0.377 e. The van der Waals surface area contributed by atoms with Crippen LogP contribution in [-0.4, -0.2) is 12.4 Å². The predicted octanol–water partition coefficient (Wildman–Crippen LogP) is 4.76. The summed E-state index contributed by atoms with van der Waals surface area (Å²) in [5.74, 6) is 0.0614. The molecule has 0 spiro atoms. The molecule has 0 aliphatic carbocycles. The number of carbonyl (C=O) groups excluding carboxylic acids is 1. The van der Waals surface area contributed by atoms with E-state index in [1.54, 1.807) is 13.0 Å². The summed E-state index contributed by atoms with van der Waals surface area (Å²) in [7, 11) is 0. The van der Waals surface area contributed by atoms with Crippen molar-refractivity contribution in [1.29, 1.82) is 5.26 Å². The highest BCUT2D eigenvalue weighted by molar-refractivity contribution is 5.94. The fourth-order valence-electron chi connectivity index (χ4n) is 1.32. The van der Waals surface area contributed by atoms with Gasteiger partial charge in [-0.25, -0.2) is 0 Å². The van der Waals surface area contributed by atoms with E-state index >= 15 is 0 Å². The van der Waals surface area contributed by atoms with Crippen LogP contribution in [0, 0.1) is 11.3 Å². The van der Waals surface area contributed by atoms with Crippen molar-refractivity contribution in [2.45, 2.75) is 54.1 Å². The smallest absolute Gasteiger partial charge is 0.159 e. The van der Waals surface area contributed by atoms with Gasteiger partial charge in [0.2, 0.25) is 0 Å². The summed E-state index contributed by atoms with van der Waals surface area (Å²) in [5.41, 5.74) is 1.70. The molecule has 0 radical (unpaired) electrons. The Morgan fingerprint density at radius 1 is 1.25 bits per heavy atom. The molecule has 1 aromatic rings. The Balaban J connectivity index is 0. The standard InChI is InChI=1S/C13H15NO2.2C2H6/c1-11(15)13-6-4-5-12(9-13)10-16-8-3-2-7-14;2*1-2/h4-6,9H,2-3,8,10H2,1H3;2*1-2H3. The maximum Gasteiger partial charge on any atom is 0.159 e. The highest BCUT2D eigenvalue weighted by atomic mass is 16.5. The number of benzene rings is 1. The SMILES string of the molecule is CC.CC.CC(=O)c1cccc(COCCCC#N)c1. The quantitative estimate of drug-likeness (QED) is 0.556. The Labute approximate surface area is 123 Å². The van der Waals surface area contributed by atoms with E-state index < -0.39 is 0 Å². The molecule has 0 heterocycles. The number of unbranched alkanes of at least 4 members (excludes halogenated alkanes) is 1. The second kappa shape index (κ2) is 15.4. The van der Waals surface area contributed by atoms with E-state index in [0.717, 1.165) is 12.0 Å². The molecule has 0 fully saturated rings. The third kappa shape index (κ3) is 10.3. The summed E-state index contributed by atoms with van der Waals surface area (Å²) >= 11 is 0. The molecule has 0 saturated heterocycles. The van der Waals surface area contributed by atoms with E-state index in [-0.39, 0.29) is 5.78 Å². The van der Waals surface area contributed by atoms with Gasteiger partial charge in [-0.15, -0.1) is 0 Å². The molecule has 3 nitrogen and oxygen atoms in total. The predicted molar refractivity (Wildman–Crippen MR) is 83.6 cm³/mol. The molecule has 0 aliphatic heterocycles. The van der Waals surface area contributed by atoms with Crippen molar-refractivity contribution in [3.8, 4) is 6.07 Å². The number of ketones is 1. The highest BCUT2D eigenvalue weighted by Gasteiger charge is 2.00. The first kappa shape index (κ1) is 20.7. The number of nitriles is 1. The number of hydrogen-bond donors (Lipinski definition) is 0. The highest BCUT2D eigenvalue weighted by Crippen LogP contribution is 2.07. The van der Waals surface area contributed by atoms with Crippen LogP contribution in [0.25, 0.3) is 0 Å². The van der Waals surface area contributed by atoms with Crippen LogP contribution < -0.4 is 0 Å². The first-order valence-electron chi connectivity index (χ1n) is 7.28. The third-order valence-electron chi connectivity index (χ3n) is 2.18. The van der Waals surface area contributed by atoms with E-state index in [1.165, 1.54) is 0 Å². The summed E-state index contributed by atoms with van der Waals surface area (Å²) < 4.78 is 5.39. The minimum Gasteiger partial charge on any atom is -0.377 e. The lowest BCUT2D eigenvalue weighted by Crippen LogP contribution is -1.98. The zero-order valence-electron chi connectivity index (χ0n) is 13.4. The van der Waals surface area contributed by atoms with Gasteiger partial charge in [-0.2, -0.15) is 5.26 Å². The van der Waals surface area contributed by atoms with Gasteiger partial charge in [-0.1, -0.05) is 45.9 Å². The van der Waals surface area contributed by atoms with Crippen LogP contribution >= 0.6 is 0 Å². The molecular formula is C17H27NO2. The lowest BCUT2D eigenvalue weighted by Gasteiger charge is -2.04. The molecule has 0 atom stereocenters. The van der Waals surface area contributed by atoms with Crippen LogP contribution in [0.4, 0.5) is 0 Å². The minimum absolute atomic E-state index is 0.0614. The van der Waals surface area contributed by atoms with Gasteiger partial charge in [0.1, 0.15) is 0 Å². The number of hydrogen-bond acceptors (Lipinski definition) is 3. The van der Waals surface area contributed by atoms with Gasteiger partial charge in [0.25, 0.3) is 0 Å². The summed E-state index contributed by atoms with van der Waals surface area (Å²) in [5, 5.41) is 8.34. The first-order chi connectivity index (χ1) is 9.74. The first-order valence-corrected chi connectivity index (χ1v) is 7.28. The third-order valence-corrected chi connectivity index (χ3v) is 2.18. The zero-order chi connectivity index (χ0) is 15.8. The zero-order valence-corrected chi connectivity index (χ0v) is 13.4. The van der Waals surface area contributed by atoms with Crippen LogP contribution in [0.2, 0.25) is 0 Å². The fourth-order valence-corrected chi connectivity index (χ4v) is 1.32. The summed E-state index contributed by atoms with van der Waals surface area (Å²) in [6.07, 6.45) is 1.27. The number of nitrogens with zero attached hydrogens (tertiary/aromatic N) is 1. The molecule has 1 rings (SSSR count). The minimum atomic E-state index is 0.0614. The van der Waals surface area contributed by atoms with Gasteiger partial charge in [-0.05, 0) is 25.0 Å². The summed E-state index contributed by atoms with van der Waals surface area (Å²) in [4.78, 5) is 11.1. The number of rotatable bonds is 6. The lowest BCUT2D eigenvalue weighted by atomic mass is 10.1. The maximum absolute atomic E-state index is 11.1. The van der Waals surface area contributed by atoms with Crippen molar-refractivity contribution in [2.24, 2.45) is 0 Å². The molecule has 0 N–H and O–H groups in total. The monoisotopic (exact) mass is 277 g/mol. The molecule has 3 heteroatoms. The Kier molecular flexibility index (Phi) is 15.9. The molecule has 0 bridgehead atoms. The van der Waals surface area contributed by atoms with E-state index in [2.05, 4.69) is 6.07 Å². The van der Waals surface area contributed by atoms with Gasteiger partial charge in [0.15, 0.2) is 5.78 Å². The van der Waals surface area contributed by atoms with Crippen LogP contribution in [-0.2, 0) is 11.3 Å². The van der Waals surface area contributed by atoms with E-state index in [4.69, 9.17) is 10.00 Å². The summed E-state index contributed by atoms with van der Waals surface area (Å²) in [6, 6.07) is 9.48. The van der Waals surface area contributed by atoms with Crippen molar-refractivity contribution >= 4 is 5.78 Å². The molecule has 0 amide bonds. The van der Waals surface area contributed by atoms with Crippen LogP contribution in [0.1, 0.15) is 63.4 Å². The van der Waals surface area contributed by atoms with Gasteiger partial charge in [0.05, 0.1) is 12.7 Å². The average molecular weight is 277 g/mol. The molecule has 0 saturated carbocycles. The van der Waals surface area contributed by atoms with Gasteiger partial charge in [0, 0.05) is 18.6 Å². The molecular weight excluding hydrogens is 250 g/mol. The van der Waals surface area contributed by atoms with Crippen molar-refractivity contribution in [2.75, 3.05) is 6.61 Å². The second-order valence-corrected chi connectivity index (χ2v) is 3.57. The average Bonchev–Trinajstić information content (AvgIpc) is 2.51. The van der Waals surface area contributed by atoms with Gasteiger partial charge < -0.3 is 4.74 Å². The second-order valence-electron chi connectivity index (χ2n) is 3.57. The van der Waals surface area contributed by atoms with E-state index in [9.17, 15) is 4.79 Å². The van der Waals surface area contributed by atoms with Gasteiger partial charge >= 0.3 is 0 Å². The Morgan fingerprint density at radius 3 is 2.45 bits per heavy atom.